The lowest BCUT2D eigenvalue weighted by Gasteiger charge is -2.37. The third kappa shape index (κ3) is 4.26. The van der Waals surface area contributed by atoms with Crippen LogP contribution < -0.4 is 9.47 Å². The largest absolute Gasteiger partial charge is 0.493 e. The molecule has 0 radical (unpaired) electrons. The Morgan fingerprint density at radius 2 is 1.72 bits per heavy atom. The van der Waals surface area contributed by atoms with E-state index >= 15 is 0 Å². The van der Waals surface area contributed by atoms with Gasteiger partial charge in [-0.05, 0) is 53.8 Å². The number of methoxy groups -OCH3 is 2. The van der Waals surface area contributed by atoms with E-state index in [4.69, 9.17) is 9.47 Å². The van der Waals surface area contributed by atoms with Crippen molar-refractivity contribution in [3.63, 3.8) is 0 Å². The van der Waals surface area contributed by atoms with Gasteiger partial charge >= 0.3 is 0 Å². The number of hydrogen-bond donors (Lipinski definition) is 0. The standard InChI is InChI=1S/C25H30N2O4S/c1-16-12-17(2)15-26(14-16)23-22(21-6-5-11-32-21)24(28)27(25(23)29)10-9-18-7-8-19(30-3)20(13-18)31-4/h5-8,11,13,16-17H,9-10,12,14-15H2,1-4H3. The summed E-state index contributed by atoms with van der Waals surface area (Å²) in [4.78, 5) is 31.4. The van der Waals surface area contributed by atoms with Crippen LogP contribution in [0.15, 0.2) is 41.4 Å². The van der Waals surface area contributed by atoms with Gasteiger partial charge in [-0.1, -0.05) is 26.0 Å². The van der Waals surface area contributed by atoms with Crippen molar-refractivity contribution in [1.82, 2.24) is 9.80 Å². The zero-order valence-corrected chi connectivity index (χ0v) is 19.9. The van der Waals surface area contributed by atoms with Crippen LogP contribution in [-0.2, 0) is 16.0 Å². The van der Waals surface area contributed by atoms with E-state index < -0.39 is 0 Å². The first kappa shape index (κ1) is 22.4. The number of hydrogen-bond acceptors (Lipinski definition) is 6. The highest BCUT2D eigenvalue weighted by atomic mass is 32.1. The molecular weight excluding hydrogens is 424 g/mol. The van der Waals surface area contributed by atoms with E-state index in [1.807, 2.05) is 35.7 Å². The molecule has 2 atom stereocenters. The van der Waals surface area contributed by atoms with Gasteiger partial charge in [0.05, 0.1) is 19.8 Å². The molecule has 2 aromatic rings. The molecule has 2 unspecified atom stereocenters. The molecule has 2 amide bonds. The molecule has 3 heterocycles. The second-order valence-electron chi connectivity index (χ2n) is 8.75. The minimum atomic E-state index is -0.196. The van der Waals surface area contributed by atoms with E-state index in [-0.39, 0.29) is 11.8 Å². The van der Waals surface area contributed by atoms with Gasteiger partial charge in [0.15, 0.2) is 11.5 Å². The van der Waals surface area contributed by atoms with Crippen molar-refractivity contribution < 1.29 is 19.1 Å². The van der Waals surface area contributed by atoms with Crippen molar-refractivity contribution in [3.8, 4) is 11.5 Å². The van der Waals surface area contributed by atoms with Crippen LogP contribution in [0.25, 0.3) is 5.57 Å². The Kier molecular flexibility index (Phi) is 6.55. The molecule has 6 nitrogen and oxygen atoms in total. The molecule has 1 aromatic heterocycles. The van der Waals surface area contributed by atoms with Crippen LogP contribution in [0.1, 0.15) is 30.7 Å². The van der Waals surface area contributed by atoms with E-state index in [9.17, 15) is 9.59 Å². The summed E-state index contributed by atoms with van der Waals surface area (Å²) in [5, 5.41) is 1.95. The predicted molar refractivity (Wildman–Crippen MR) is 126 cm³/mol. The van der Waals surface area contributed by atoms with Gasteiger partial charge in [-0.15, -0.1) is 11.3 Å². The Balaban J connectivity index is 1.60. The Labute approximate surface area is 193 Å². The predicted octanol–water partition coefficient (Wildman–Crippen LogP) is 4.07. The van der Waals surface area contributed by atoms with Crippen LogP contribution in [0.5, 0.6) is 11.5 Å². The van der Waals surface area contributed by atoms with Crippen LogP contribution in [-0.4, -0.2) is 55.5 Å². The Bertz CT molecular complexity index is 1020. The molecule has 1 saturated heterocycles. The summed E-state index contributed by atoms with van der Waals surface area (Å²) in [7, 11) is 3.19. The van der Waals surface area contributed by atoms with E-state index in [0.29, 0.717) is 47.6 Å². The van der Waals surface area contributed by atoms with Crippen molar-refractivity contribution in [2.45, 2.75) is 26.7 Å². The lowest BCUT2D eigenvalue weighted by molar-refractivity contribution is -0.137. The highest BCUT2D eigenvalue weighted by Crippen LogP contribution is 2.37. The molecule has 2 aliphatic heterocycles. The summed E-state index contributed by atoms with van der Waals surface area (Å²) < 4.78 is 10.7. The lowest BCUT2D eigenvalue weighted by Crippen LogP contribution is -2.42. The lowest BCUT2D eigenvalue weighted by atomic mass is 9.91. The van der Waals surface area contributed by atoms with E-state index in [1.165, 1.54) is 16.2 Å². The van der Waals surface area contributed by atoms with Gasteiger partial charge in [-0.25, -0.2) is 0 Å². The summed E-state index contributed by atoms with van der Waals surface area (Å²) in [5.74, 6) is 1.89. The molecule has 0 bridgehead atoms. The quantitative estimate of drug-likeness (QED) is 0.591. The fraction of sp³-hybridized carbons (Fsp3) is 0.440. The number of thiophene rings is 1. The molecule has 1 aromatic carbocycles. The normalized spacial score (nSPS) is 21.5. The first-order chi connectivity index (χ1) is 15.4. The van der Waals surface area contributed by atoms with Crippen molar-refractivity contribution in [2.24, 2.45) is 11.8 Å². The summed E-state index contributed by atoms with van der Waals surface area (Å²) >= 11 is 1.51. The molecule has 7 heteroatoms. The SMILES string of the molecule is COc1ccc(CCN2C(=O)C(c3cccs3)=C(N3CC(C)CC(C)C3)C2=O)cc1OC. The van der Waals surface area contributed by atoms with E-state index in [2.05, 4.69) is 18.7 Å². The number of nitrogens with zero attached hydrogens (tertiary/aromatic N) is 2. The number of carbonyl (C=O) groups excluding carboxylic acids is 2. The number of piperidine rings is 1. The number of likely N-dealkylation sites (tertiary alicyclic amines) is 1. The molecule has 0 saturated carbocycles. The van der Waals surface area contributed by atoms with E-state index in [0.717, 1.165) is 30.0 Å². The molecule has 0 aliphatic carbocycles. The average Bonchev–Trinajstić information content (AvgIpc) is 3.38. The number of amides is 2. The summed E-state index contributed by atoms with van der Waals surface area (Å²) in [6.45, 7) is 6.35. The molecule has 0 spiro atoms. The number of ether oxygens (including phenoxy) is 2. The molecular formula is C25H30N2O4S. The van der Waals surface area contributed by atoms with Crippen molar-refractivity contribution in [3.05, 3.63) is 51.8 Å². The fourth-order valence-electron chi connectivity index (χ4n) is 4.83. The Morgan fingerprint density at radius 3 is 2.34 bits per heavy atom. The summed E-state index contributed by atoms with van der Waals surface area (Å²) in [6, 6.07) is 9.54. The summed E-state index contributed by atoms with van der Waals surface area (Å²) in [6.07, 6.45) is 1.69. The van der Waals surface area contributed by atoms with Gasteiger partial charge in [0, 0.05) is 24.5 Å². The maximum absolute atomic E-state index is 13.5. The van der Waals surface area contributed by atoms with Crippen LogP contribution in [0.4, 0.5) is 0 Å². The molecule has 4 rings (SSSR count). The Morgan fingerprint density at radius 1 is 1.00 bits per heavy atom. The fourth-order valence-corrected chi connectivity index (χ4v) is 5.59. The minimum Gasteiger partial charge on any atom is -0.493 e. The maximum atomic E-state index is 13.5. The number of carbonyl (C=O) groups is 2. The van der Waals surface area contributed by atoms with Crippen LogP contribution in [0.2, 0.25) is 0 Å². The van der Waals surface area contributed by atoms with Gasteiger partial charge in [0.2, 0.25) is 0 Å². The minimum absolute atomic E-state index is 0.180. The van der Waals surface area contributed by atoms with E-state index in [1.54, 1.807) is 14.2 Å². The monoisotopic (exact) mass is 454 g/mol. The Hall–Kier alpha value is -2.80. The second kappa shape index (κ2) is 9.36. The topological polar surface area (TPSA) is 59.1 Å². The molecule has 0 N–H and O–H groups in total. The number of benzene rings is 1. The van der Waals surface area contributed by atoms with Crippen molar-refractivity contribution >= 4 is 28.7 Å². The van der Waals surface area contributed by atoms with Crippen molar-refractivity contribution in [1.29, 1.82) is 0 Å². The number of rotatable bonds is 7. The summed E-state index contributed by atoms with van der Waals surface area (Å²) in [5.41, 5.74) is 2.11. The van der Waals surface area contributed by atoms with Crippen LogP contribution in [0, 0.1) is 11.8 Å². The first-order valence-corrected chi connectivity index (χ1v) is 11.9. The highest BCUT2D eigenvalue weighted by molar-refractivity contribution is 7.11. The number of imide groups is 1. The van der Waals surface area contributed by atoms with Crippen LogP contribution in [0.3, 0.4) is 0 Å². The zero-order valence-electron chi connectivity index (χ0n) is 19.1. The molecule has 1 fully saturated rings. The highest BCUT2D eigenvalue weighted by Gasteiger charge is 2.43. The van der Waals surface area contributed by atoms with Gasteiger partial charge in [-0.3, -0.25) is 14.5 Å². The van der Waals surface area contributed by atoms with Gasteiger partial charge < -0.3 is 14.4 Å². The van der Waals surface area contributed by atoms with Gasteiger partial charge in [0.1, 0.15) is 5.70 Å². The third-order valence-electron chi connectivity index (χ3n) is 6.17. The molecule has 2 aliphatic rings. The first-order valence-electron chi connectivity index (χ1n) is 11.0. The van der Waals surface area contributed by atoms with Gasteiger partial charge in [-0.2, -0.15) is 0 Å². The second-order valence-corrected chi connectivity index (χ2v) is 9.70. The molecule has 170 valence electrons. The van der Waals surface area contributed by atoms with Crippen LogP contribution >= 0.6 is 11.3 Å². The zero-order chi connectivity index (χ0) is 22.8. The third-order valence-corrected chi connectivity index (χ3v) is 7.06. The smallest absolute Gasteiger partial charge is 0.277 e. The van der Waals surface area contributed by atoms with Crippen molar-refractivity contribution in [2.75, 3.05) is 33.9 Å². The molecule has 32 heavy (non-hydrogen) atoms. The maximum Gasteiger partial charge on any atom is 0.277 e. The van der Waals surface area contributed by atoms with Gasteiger partial charge in [0.25, 0.3) is 11.8 Å². The average molecular weight is 455 g/mol.